The van der Waals surface area contributed by atoms with E-state index in [4.69, 9.17) is 4.74 Å². The van der Waals surface area contributed by atoms with Gasteiger partial charge in [0.2, 0.25) is 0 Å². The highest BCUT2D eigenvalue weighted by Crippen LogP contribution is 2.28. The fourth-order valence-corrected chi connectivity index (χ4v) is 2.29. The lowest BCUT2D eigenvalue weighted by Crippen LogP contribution is -2.36. The van der Waals surface area contributed by atoms with Crippen molar-refractivity contribution < 1.29 is 14.1 Å². The summed E-state index contributed by atoms with van der Waals surface area (Å²) < 4.78 is 18.8. The van der Waals surface area contributed by atoms with Crippen molar-refractivity contribution in [2.24, 2.45) is 0 Å². The van der Waals surface area contributed by atoms with Gasteiger partial charge in [0.05, 0.1) is 23.1 Å². The van der Waals surface area contributed by atoms with Crippen LogP contribution in [-0.2, 0) is 4.74 Å². The zero-order valence-corrected chi connectivity index (χ0v) is 10.3. The lowest BCUT2D eigenvalue weighted by molar-refractivity contribution is -0.385. The highest BCUT2D eigenvalue weighted by Gasteiger charge is 2.29. The number of nitrogens with zero attached hydrogens (tertiary/aromatic N) is 2. The van der Waals surface area contributed by atoms with Crippen LogP contribution in [-0.4, -0.2) is 30.7 Å². The van der Waals surface area contributed by atoms with Crippen LogP contribution < -0.4 is 4.90 Å². The maximum Gasteiger partial charge on any atom is 0.274 e. The zero-order chi connectivity index (χ0) is 13.3. The molecule has 1 aliphatic heterocycles. The van der Waals surface area contributed by atoms with Gasteiger partial charge in [-0.15, -0.1) is 0 Å². The molecule has 0 aromatic heterocycles. The lowest BCUT2D eigenvalue weighted by atomic mass is 10.1. The molecule has 0 spiro atoms. The third kappa shape index (κ3) is 2.43. The molecule has 0 aliphatic carbocycles. The third-order valence-corrected chi connectivity index (χ3v) is 3.32. The predicted molar refractivity (Wildman–Crippen MR) is 65.3 cm³/mol. The van der Waals surface area contributed by atoms with Gasteiger partial charge in [0, 0.05) is 25.4 Å². The van der Waals surface area contributed by atoms with Crippen LogP contribution in [0.5, 0.6) is 0 Å². The van der Waals surface area contributed by atoms with Gasteiger partial charge < -0.3 is 9.64 Å². The van der Waals surface area contributed by atoms with Gasteiger partial charge in [-0.2, -0.15) is 0 Å². The molecule has 0 amide bonds. The number of nitro groups is 1. The average Bonchev–Trinajstić information content (AvgIpc) is 2.73. The molecule has 1 aliphatic rings. The molecule has 0 N–H and O–H groups in total. The molecular weight excluding hydrogens is 239 g/mol. The molecule has 1 aromatic carbocycles. The van der Waals surface area contributed by atoms with Crippen LogP contribution >= 0.6 is 0 Å². The van der Waals surface area contributed by atoms with Crippen molar-refractivity contribution in [1.82, 2.24) is 0 Å². The third-order valence-electron chi connectivity index (χ3n) is 3.32. The van der Waals surface area contributed by atoms with Crippen molar-refractivity contribution in [1.29, 1.82) is 0 Å². The Balaban J connectivity index is 2.29. The maximum absolute atomic E-state index is 13.4. The van der Waals surface area contributed by atoms with Crippen LogP contribution in [0.2, 0.25) is 0 Å². The Bertz CT molecular complexity index is 467. The average molecular weight is 254 g/mol. The first-order valence-corrected chi connectivity index (χ1v) is 5.78. The van der Waals surface area contributed by atoms with Crippen molar-refractivity contribution in [3.63, 3.8) is 0 Å². The van der Waals surface area contributed by atoms with Crippen LogP contribution in [0, 0.1) is 15.9 Å². The minimum absolute atomic E-state index is 0.0392. The van der Waals surface area contributed by atoms with E-state index in [1.165, 1.54) is 12.1 Å². The van der Waals surface area contributed by atoms with Gasteiger partial charge in [-0.25, -0.2) is 4.39 Å². The van der Waals surface area contributed by atoms with Gasteiger partial charge in [-0.1, -0.05) is 0 Å². The lowest BCUT2D eigenvalue weighted by Gasteiger charge is -2.28. The molecule has 2 unspecified atom stereocenters. The number of anilines is 1. The van der Waals surface area contributed by atoms with Gasteiger partial charge in [-0.3, -0.25) is 10.1 Å². The number of ether oxygens (including phenoxy) is 1. The number of non-ortho nitro benzene ring substituents is 1. The molecule has 1 heterocycles. The number of benzene rings is 1. The summed E-state index contributed by atoms with van der Waals surface area (Å²) in [6.45, 7) is 2.61. The molecule has 0 bridgehead atoms. The van der Waals surface area contributed by atoms with E-state index < -0.39 is 10.7 Å². The van der Waals surface area contributed by atoms with E-state index in [0.29, 0.717) is 12.3 Å². The number of likely N-dealkylation sites (N-methyl/N-ethyl adjacent to an activating group) is 1. The molecule has 0 radical (unpaired) electrons. The first-order chi connectivity index (χ1) is 8.49. The van der Waals surface area contributed by atoms with Crippen LogP contribution in [0.4, 0.5) is 15.8 Å². The second-order valence-electron chi connectivity index (χ2n) is 4.47. The van der Waals surface area contributed by atoms with E-state index >= 15 is 0 Å². The van der Waals surface area contributed by atoms with Crippen LogP contribution in [0.1, 0.15) is 13.3 Å². The Morgan fingerprint density at radius 2 is 2.22 bits per heavy atom. The Morgan fingerprint density at radius 1 is 1.50 bits per heavy atom. The number of hydrogen-bond acceptors (Lipinski definition) is 4. The fourth-order valence-electron chi connectivity index (χ4n) is 2.29. The quantitative estimate of drug-likeness (QED) is 0.613. The molecule has 0 saturated carbocycles. The van der Waals surface area contributed by atoms with E-state index in [9.17, 15) is 14.5 Å². The first kappa shape index (κ1) is 12.8. The number of rotatable bonds is 3. The summed E-state index contributed by atoms with van der Waals surface area (Å²) in [6.07, 6.45) is 0.874. The van der Waals surface area contributed by atoms with Crippen molar-refractivity contribution in [2.45, 2.75) is 25.5 Å². The molecule has 5 nitrogen and oxygen atoms in total. The van der Waals surface area contributed by atoms with E-state index in [1.807, 2.05) is 11.8 Å². The van der Waals surface area contributed by atoms with E-state index in [0.717, 1.165) is 12.5 Å². The predicted octanol–water partition coefficient (Wildman–Crippen LogP) is 2.35. The topological polar surface area (TPSA) is 55.6 Å². The van der Waals surface area contributed by atoms with Crippen molar-refractivity contribution in [3.05, 3.63) is 34.1 Å². The summed E-state index contributed by atoms with van der Waals surface area (Å²) in [4.78, 5) is 12.0. The standard InChI is InChI=1S/C12H15FN2O3/c1-8-12(3-4-18-8)14(2)10-5-9(13)6-11(7-10)15(16)17/h5-8,12H,3-4H2,1-2H3. The summed E-state index contributed by atoms with van der Waals surface area (Å²) in [5, 5.41) is 10.7. The maximum atomic E-state index is 13.4. The summed E-state index contributed by atoms with van der Waals surface area (Å²) in [5.41, 5.74) is 0.271. The molecule has 2 rings (SSSR count). The van der Waals surface area contributed by atoms with Crippen molar-refractivity contribution in [3.8, 4) is 0 Å². The molecular formula is C12H15FN2O3. The number of nitro benzene ring substituents is 1. The second-order valence-corrected chi connectivity index (χ2v) is 4.47. The highest BCUT2D eigenvalue weighted by molar-refractivity contribution is 5.54. The van der Waals surface area contributed by atoms with Crippen LogP contribution in [0.25, 0.3) is 0 Å². The number of halogens is 1. The smallest absolute Gasteiger partial charge is 0.274 e. The largest absolute Gasteiger partial charge is 0.376 e. The van der Waals surface area contributed by atoms with E-state index in [-0.39, 0.29) is 17.8 Å². The Kier molecular flexibility index (Phi) is 3.47. The Hall–Kier alpha value is -1.69. The van der Waals surface area contributed by atoms with Crippen molar-refractivity contribution >= 4 is 11.4 Å². The summed E-state index contributed by atoms with van der Waals surface area (Å²) in [5.74, 6) is -0.599. The molecule has 6 heteroatoms. The first-order valence-electron chi connectivity index (χ1n) is 5.78. The van der Waals surface area contributed by atoms with Gasteiger partial charge >= 0.3 is 0 Å². The van der Waals surface area contributed by atoms with Crippen LogP contribution in [0.15, 0.2) is 18.2 Å². The molecule has 98 valence electrons. The summed E-state index contributed by atoms with van der Waals surface area (Å²) in [6, 6.07) is 3.73. The molecule has 2 atom stereocenters. The highest BCUT2D eigenvalue weighted by atomic mass is 19.1. The monoisotopic (exact) mass is 254 g/mol. The normalized spacial score (nSPS) is 23.1. The SMILES string of the molecule is CC1OCCC1N(C)c1cc(F)cc([N+](=O)[O-])c1. The van der Waals surface area contributed by atoms with Gasteiger partial charge in [-0.05, 0) is 19.4 Å². The van der Waals surface area contributed by atoms with Gasteiger partial charge in [0.1, 0.15) is 5.82 Å². The van der Waals surface area contributed by atoms with Gasteiger partial charge in [0.15, 0.2) is 0 Å². The molecule has 1 fully saturated rings. The van der Waals surface area contributed by atoms with E-state index in [2.05, 4.69) is 0 Å². The molecule has 1 aromatic rings. The fraction of sp³-hybridized carbons (Fsp3) is 0.500. The van der Waals surface area contributed by atoms with Crippen molar-refractivity contribution in [2.75, 3.05) is 18.6 Å². The second kappa shape index (κ2) is 4.89. The molecule has 1 saturated heterocycles. The van der Waals surface area contributed by atoms with E-state index in [1.54, 1.807) is 7.05 Å². The Labute approximate surface area is 104 Å². The zero-order valence-electron chi connectivity index (χ0n) is 10.3. The minimum atomic E-state index is -0.599. The Morgan fingerprint density at radius 3 is 2.78 bits per heavy atom. The van der Waals surface area contributed by atoms with Crippen LogP contribution in [0.3, 0.4) is 0 Å². The number of hydrogen-bond donors (Lipinski definition) is 0. The molecule has 18 heavy (non-hydrogen) atoms. The minimum Gasteiger partial charge on any atom is -0.376 e. The summed E-state index contributed by atoms with van der Waals surface area (Å²) in [7, 11) is 1.80. The van der Waals surface area contributed by atoms with Gasteiger partial charge in [0.25, 0.3) is 5.69 Å². The summed E-state index contributed by atoms with van der Waals surface area (Å²) >= 11 is 0.